The molecule has 2 aromatic rings. The van der Waals surface area contributed by atoms with Crippen LogP contribution in [0, 0.1) is 6.92 Å². The third-order valence-electron chi connectivity index (χ3n) is 2.41. The first kappa shape index (κ1) is 12.0. The Morgan fingerprint density at radius 2 is 2.24 bits per heavy atom. The molecule has 2 aromatic heterocycles. The maximum atomic E-state index is 4.39. The van der Waals surface area contributed by atoms with E-state index < -0.39 is 0 Å². The highest BCUT2D eigenvalue weighted by Gasteiger charge is 2.07. The van der Waals surface area contributed by atoms with Crippen LogP contribution in [0.1, 0.15) is 35.5 Å². The zero-order valence-corrected chi connectivity index (χ0v) is 11.4. The first-order chi connectivity index (χ1) is 8.06. The van der Waals surface area contributed by atoms with Gasteiger partial charge in [-0.15, -0.1) is 11.3 Å². The second-order valence-electron chi connectivity index (χ2n) is 4.27. The minimum Gasteiger partial charge on any atom is -0.348 e. The molecule has 0 aliphatic heterocycles. The maximum Gasteiger partial charge on any atom is 0.221 e. The quantitative estimate of drug-likeness (QED) is 0.906. The third-order valence-corrected chi connectivity index (χ3v) is 3.71. The lowest BCUT2D eigenvalue weighted by Crippen LogP contribution is -2.05. The van der Waals surface area contributed by atoms with E-state index in [1.807, 2.05) is 20.2 Å². The third kappa shape index (κ3) is 2.82. The Morgan fingerprint density at radius 3 is 2.76 bits per heavy atom. The maximum absolute atomic E-state index is 4.39. The lowest BCUT2D eigenvalue weighted by molar-refractivity contribution is 0.757. The van der Waals surface area contributed by atoms with Crippen LogP contribution < -0.4 is 5.32 Å². The van der Waals surface area contributed by atoms with Crippen LogP contribution in [0.5, 0.6) is 0 Å². The number of hydrogen-bond donors (Lipinski definition) is 1. The van der Waals surface area contributed by atoms with Gasteiger partial charge in [-0.2, -0.15) is 10.1 Å². The number of aromatic nitrogens is 4. The molecule has 0 fully saturated rings. The molecule has 2 rings (SSSR count). The molecule has 0 radical (unpaired) electrons. The van der Waals surface area contributed by atoms with Crippen LogP contribution in [0.2, 0.25) is 0 Å². The number of hydrogen-bond acceptors (Lipinski definition) is 5. The summed E-state index contributed by atoms with van der Waals surface area (Å²) in [6.45, 7) is 6.93. The lowest BCUT2D eigenvalue weighted by Gasteiger charge is -2.01. The number of anilines is 1. The fraction of sp³-hybridized carbons (Fsp3) is 0.545. The summed E-state index contributed by atoms with van der Waals surface area (Å²) in [5.41, 5.74) is 0. The second kappa shape index (κ2) is 4.83. The first-order valence-electron chi connectivity index (χ1n) is 5.62. The van der Waals surface area contributed by atoms with Gasteiger partial charge in [0.15, 0.2) is 0 Å². The Balaban J connectivity index is 2.00. The molecule has 0 amide bonds. The van der Waals surface area contributed by atoms with Gasteiger partial charge in [-0.1, -0.05) is 13.8 Å². The zero-order chi connectivity index (χ0) is 12.4. The van der Waals surface area contributed by atoms with E-state index >= 15 is 0 Å². The van der Waals surface area contributed by atoms with Crippen LogP contribution in [-0.4, -0.2) is 19.7 Å². The average molecular weight is 251 g/mol. The molecule has 0 saturated carbocycles. The summed E-state index contributed by atoms with van der Waals surface area (Å²) in [6.07, 6.45) is 1.95. The van der Waals surface area contributed by atoms with E-state index in [4.69, 9.17) is 0 Å². The lowest BCUT2D eigenvalue weighted by atomic mass is 10.2. The molecule has 6 heteroatoms. The smallest absolute Gasteiger partial charge is 0.221 e. The van der Waals surface area contributed by atoms with E-state index in [2.05, 4.69) is 34.2 Å². The summed E-state index contributed by atoms with van der Waals surface area (Å²) in [5, 5.41) is 8.50. The fourth-order valence-electron chi connectivity index (χ4n) is 1.49. The summed E-state index contributed by atoms with van der Waals surface area (Å²) in [4.78, 5) is 9.99. The van der Waals surface area contributed by atoms with Gasteiger partial charge in [0.25, 0.3) is 0 Å². The number of nitrogens with one attached hydrogen (secondary N) is 1. The largest absolute Gasteiger partial charge is 0.348 e. The summed E-state index contributed by atoms with van der Waals surface area (Å²) in [6, 6.07) is 0. The minimum absolute atomic E-state index is 0.540. The highest BCUT2D eigenvalue weighted by atomic mass is 32.1. The molecule has 5 nitrogen and oxygen atoms in total. The Hall–Kier alpha value is -1.43. The van der Waals surface area contributed by atoms with Crippen LogP contribution >= 0.6 is 11.3 Å². The minimum atomic E-state index is 0.540. The molecule has 0 spiro atoms. The van der Waals surface area contributed by atoms with Gasteiger partial charge in [0, 0.05) is 18.1 Å². The van der Waals surface area contributed by atoms with Gasteiger partial charge >= 0.3 is 0 Å². The van der Waals surface area contributed by atoms with Crippen LogP contribution in [0.15, 0.2) is 6.20 Å². The van der Waals surface area contributed by atoms with E-state index in [0.29, 0.717) is 12.5 Å². The highest BCUT2D eigenvalue weighted by molar-refractivity contribution is 7.11. The summed E-state index contributed by atoms with van der Waals surface area (Å²) >= 11 is 1.74. The number of aryl methyl sites for hydroxylation is 2. The van der Waals surface area contributed by atoms with E-state index in [1.165, 1.54) is 4.88 Å². The molecule has 0 bridgehead atoms. The first-order valence-corrected chi connectivity index (χ1v) is 6.44. The second-order valence-corrected chi connectivity index (χ2v) is 5.42. The summed E-state index contributed by atoms with van der Waals surface area (Å²) < 4.78 is 1.74. The van der Waals surface area contributed by atoms with Crippen LogP contribution in [-0.2, 0) is 13.6 Å². The van der Waals surface area contributed by atoms with Crippen molar-refractivity contribution in [3.05, 3.63) is 21.9 Å². The standard InChI is InChI=1S/C11H17N5S/c1-7(2)9-5-12-10(17-9)6-13-11-14-8(3)15-16(11)4/h5,7H,6H2,1-4H3,(H,13,14,15). The predicted molar refractivity (Wildman–Crippen MR) is 69.3 cm³/mol. The predicted octanol–water partition coefficient (Wildman–Crippen LogP) is 2.32. The van der Waals surface area contributed by atoms with Crippen molar-refractivity contribution in [2.24, 2.45) is 7.05 Å². The molecular weight excluding hydrogens is 234 g/mol. The fourth-order valence-corrected chi connectivity index (χ4v) is 2.36. The van der Waals surface area contributed by atoms with Crippen LogP contribution in [0.4, 0.5) is 5.95 Å². The van der Waals surface area contributed by atoms with Crippen molar-refractivity contribution < 1.29 is 0 Å². The van der Waals surface area contributed by atoms with E-state index in [0.717, 1.165) is 16.8 Å². The Labute approximate surface area is 105 Å². The molecular formula is C11H17N5S. The van der Waals surface area contributed by atoms with Crippen molar-refractivity contribution in [3.63, 3.8) is 0 Å². The van der Waals surface area contributed by atoms with Crippen molar-refractivity contribution >= 4 is 17.3 Å². The van der Waals surface area contributed by atoms with E-state index in [1.54, 1.807) is 16.0 Å². The molecule has 0 unspecified atom stereocenters. The molecule has 17 heavy (non-hydrogen) atoms. The summed E-state index contributed by atoms with van der Waals surface area (Å²) in [5.74, 6) is 2.10. The molecule has 0 atom stereocenters. The van der Waals surface area contributed by atoms with Gasteiger partial charge in [-0.25, -0.2) is 9.67 Å². The summed E-state index contributed by atoms with van der Waals surface area (Å²) in [7, 11) is 1.88. The van der Waals surface area contributed by atoms with Crippen molar-refractivity contribution in [2.45, 2.75) is 33.2 Å². The molecule has 0 aliphatic carbocycles. The van der Waals surface area contributed by atoms with Crippen LogP contribution in [0.25, 0.3) is 0 Å². The Kier molecular flexibility index (Phi) is 3.42. The van der Waals surface area contributed by atoms with Crippen molar-refractivity contribution in [1.82, 2.24) is 19.7 Å². The SMILES string of the molecule is Cc1nc(NCc2ncc(C(C)C)s2)n(C)n1. The molecule has 1 N–H and O–H groups in total. The van der Waals surface area contributed by atoms with Gasteiger partial charge in [0.05, 0.1) is 6.54 Å². The van der Waals surface area contributed by atoms with Gasteiger partial charge in [0.2, 0.25) is 5.95 Å². The van der Waals surface area contributed by atoms with Gasteiger partial charge in [-0.3, -0.25) is 0 Å². The average Bonchev–Trinajstić information content (AvgIpc) is 2.82. The van der Waals surface area contributed by atoms with Gasteiger partial charge in [-0.05, 0) is 12.8 Å². The molecule has 2 heterocycles. The van der Waals surface area contributed by atoms with Crippen molar-refractivity contribution in [2.75, 3.05) is 5.32 Å². The Morgan fingerprint density at radius 1 is 1.47 bits per heavy atom. The molecule has 0 saturated heterocycles. The van der Waals surface area contributed by atoms with Crippen molar-refractivity contribution in [3.8, 4) is 0 Å². The number of rotatable bonds is 4. The highest BCUT2D eigenvalue weighted by Crippen LogP contribution is 2.22. The van der Waals surface area contributed by atoms with Gasteiger partial charge < -0.3 is 5.32 Å². The zero-order valence-electron chi connectivity index (χ0n) is 10.6. The van der Waals surface area contributed by atoms with E-state index in [9.17, 15) is 0 Å². The molecule has 0 aromatic carbocycles. The van der Waals surface area contributed by atoms with E-state index in [-0.39, 0.29) is 0 Å². The van der Waals surface area contributed by atoms with Gasteiger partial charge in [0.1, 0.15) is 10.8 Å². The normalized spacial score (nSPS) is 11.1. The number of thiazole rings is 1. The van der Waals surface area contributed by atoms with Crippen LogP contribution in [0.3, 0.4) is 0 Å². The molecule has 92 valence electrons. The number of nitrogens with zero attached hydrogens (tertiary/aromatic N) is 4. The topological polar surface area (TPSA) is 55.6 Å². The Bertz CT molecular complexity index is 500. The molecule has 0 aliphatic rings. The monoisotopic (exact) mass is 251 g/mol. The van der Waals surface area contributed by atoms with Crippen molar-refractivity contribution in [1.29, 1.82) is 0 Å².